The maximum Gasteiger partial charge on any atom is 0.0510 e. The van der Waals surface area contributed by atoms with Crippen molar-refractivity contribution in [3.05, 3.63) is 24.3 Å². The highest BCUT2D eigenvalue weighted by molar-refractivity contribution is 8.00. The topological polar surface area (TPSA) is 24.1 Å². The highest BCUT2D eigenvalue weighted by Crippen LogP contribution is 2.38. The number of thioether (sulfide) groups is 1. The van der Waals surface area contributed by atoms with E-state index < -0.39 is 0 Å². The van der Waals surface area contributed by atoms with Crippen molar-refractivity contribution in [2.24, 2.45) is 0 Å². The van der Waals surface area contributed by atoms with Crippen molar-refractivity contribution in [3.8, 4) is 0 Å². The summed E-state index contributed by atoms with van der Waals surface area (Å²) in [7, 11) is 0. The molecule has 0 radical (unpaired) electrons. The monoisotopic (exact) mass is 248 g/mol. The van der Waals surface area contributed by atoms with Crippen molar-refractivity contribution >= 4 is 17.4 Å². The van der Waals surface area contributed by atoms with Crippen LogP contribution in [-0.4, -0.2) is 24.4 Å². The zero-order chi connectivity index (χ0) is 11.5. The van der Waals surface area contributed by atoms with Gasteiger partial charge in [-0.1, -0.05) is 25.0 Å². The van der Waals surface area contributed by atoms with Crippen LogP contribution in [0.15, 0.2) is 29.2 Å². The zero-order valence-corrected chi connectivity index (χ0v) is 10.9. The molecule has 0 amide bonds. The van der Waals surface area contributed by atoms with Gasteiger partial charge >= 0.3 is 0 Å². The summed E-state index contributed by atoms with van der Waals surface area (Å²) in [5.74, 6) is 0. The Hall–Kier alpha value is -0.670. The van der Waals surface area contributed by atoms with Gasteiger partial charge in [0, 0.05) is 28.9 Å². The summed E-state index contributed by atoms with van der Waals surface area (Å²) in [6.45, 7) is 2.20. The summed E-state index contributed by atoms with van der Waals surface area (Å²) in [4.78, 5) is 1.44. The lowest BCUT2D eigenvalue weighted by Crippen LogP contribution is -2.51. The van der Waals surface area contributed by atoms with Crippen LogP contribution in [0.2, 0.25) is 0 Å². The van der Waals surface area contributed by atoms with E-state index in [0.717, 1.165) is 18.3 Å². The summed E-state index contributed by atoms with van der Waals surface area (Å²) in [6, 6.07) is 9.39. The second-order valence-electron chi connectivity index (χ2n) is 5.02. The first kappa shape index (κ1) is 11.4. The number of hydrogen-bond acceptors (Lipinski definition) is 3. The lowest BCUT2D eigenvalue weighted by molar-refractivity contribution is 0.471. The molecule has 17 heavy (non-hydrogen) atoms. The maximum absolute atomic E-state index is 3.64. The molecule has 1 saturated heterocycles. The fourth-order valence-corrected chi connectivity index (χ4v) is 3.82. The molecule has 2 aliphatic rings. The van der Waals surface area contributed by atoms with E-state index in [1.54, 1.807) is 0 Å². The van der Waals surface area contributed by atoms with Gasteiger partial charge in [0.15, 0.2) is 0 Å². The van der Waals surface area contributed by atoms with E-state index in [4.69, 9.17) is 0 Å². The van der Waals surface area contributed by atoms with Crippen molar-refractivity contribution in [2.75, 3.05) is 18.4 Å². The number of rotatable bonds is 4. The highest BCUT2D eigenvalue weighted by Gasteiger charge is 2.20. The van der Waals surface area contributed by atoms with E-state index >= 15 is 0 Å². The molecule has 1 aliphatic heterocycles. The number of benzene rings is 1. The van der Waals surface area contributed by atoms with E-state index in [1.165, 1.54) is 36.3 Å². The molecule has 2 fully saturated rings. The molecule has 1 saturated carbocycles. The molecule has 1 aromatic rings. The first-order valence-electron chi connectivity index (χ1n) is 6.65. The third-order valence-corrected chi connectivity index (χ3v) is 5.04. The molecule has 2 nitrogen and oxygen atoms in total. The van der Waals surface area contributed by atoms with Crippen LogP contribution in [0.5, 0.6) is 0 Å². The molecule has 92 valence electrons. The van der Waals surface area contributed by atoms with Gasteiger partial charge in [0.1, 0.15) is 0 Å². The molecule has 1 aliphatic carbocycles. The summed E-state index contributed by atoms with van der Waals surface area (Å²) >= 11 is 2.07. The molecule has 2 N–H and O–H groups in total. The third kappa shape index (κ3) is 2.78. The minimum atomic E-state index is 0.625. The Morgan fingerprint density at radius 1 is 1.12 bits per heavy atom. The average molecular weight is 248 g/mol. The predicted octanol–water partition coefficient (Wildman–Crippen LogP) is 3.11. The van der Waals surface area contributed by atoms with Crippen LogP contribution in [0.3, 0.4) is 0 Å². The largest absolute Gasteiger partial charge is 0.379 e. The Morgan fingerprint density at radius 2 is 1.88 bits per heavy atom. The normalized spacial score (nSPS) is 21.4. The SMILES string of the molecule is c1ccc(SC2CCCC2)c(NC2CNC2)c1. The molecule has 0 unspecified atom stereocenters. The van der Waals surface area contributed by atoms with Crippen molar-refractivity contribution in [1.82, 2.24) is 5.32 Å². The lowest BCUT2D eigenvalue weighted by Gasteiger charge is -2.30. The molecule has 1 heterocycles. The maximum atomic E-state index is 3.64. The van der Waals surface area contributed by atoms with E-state index in [9.17, 15) is 0 Å². The van der Waals surface area contributed by atoms with Gasteiger partial charge in [-0.15, -0.1) is 11.8 Å². The van der Waals surface area contributed by atoms with Crippen LogP contribution in [0, 0.1) is 0 Å². The van der Waals surface area contributed by atoms with Crippen LogP contribution in [0.1, 0.15) is 25.7 Å². The standard InChI is InChI=1S/C14H20N2S/c1-2-6-12(5-1)17-14-8-4-3-7-13(14)16-11-9-15-10-11/h3-4,7-8,11-12,15-16H,1-2,5-6,9-10H2. The first-order valence-corrected chi connectivity index (χ1v) is 7.53. The van der Waals surface area contributed by atoms with Crippen LogP contribution in [0.25, 0.3) is 0 Å². The molecule has 0 atom stereocenters. The molecular formula is C14H20N2S. The van der Waals surface area contributed by atoms with E-state index in [1.807, 2.05) is 0 Å². The van der Waals surface area contributed by atoms with Crippen LogP contribution < -0.4 is 10.6 Å². The molecule has 0 aromatic heterocycles. The van der Waals surface area contributed by atoms with Gasteiger partial charge in [0.05, 0.1) is 6.04 Å². The van der Waals surface area contributed by atoms with Gasteiger partial charge in [-0.25, -0.2) is 0 Å². The number of nitrogens with one attached hydrogen (secondary N) is 2. The Bertz CT molecular complexity index is 370. The van der Waals surface area contributed by atoms with Gasteiger partial charge in [0.2, 0.25) is 0 Å². The van der Waals surface area contributed by atoms with Crippen LogP contribution in [0.4, 0.5) is 5.69 Å². The Balaban J connectivity index is 1.68. The summed E-state index contributed by atoms with van der Waals surface area (Å²) in [5, 5.41) is 7.79. The minimum absolute atomic E-state index is 0.625. The third-order valence-electron chi connectivity index (χ3n) is 3.62. The van der Waals surface area contributed by atoms with Gasteiger partial charge in [-0.2, -0.15) is 0 Å². The fourth-order valence-electron chi connectivity index (χ4n) is 2.49. The van der Waals surface area contributed by atoms with Crippen LogP contribution in [-0.2, 0) is 0 Å². The molecule has 0 bridgehead atoms. The van der Waals surface area contributed by atoms with Gasteiger partial charge in [0.25, 0.3) is 0 Å². The first-order chi connectivity index (χ1) is 8.42. The fraction of sp³-hybridized carbons (Fsp3) is 0.571. The predicted molar refractivity (Wildman–Crippen MR) is 74.8 cm³/mol. The number of hydrogen-bond donors (Lipinski definition) is 2. The lowest BCUT2D eigenvalue weighted by atomic mass is 10.1. The van der Waals surface area contributed by atoms with Crippen molar-refractivity contribution in [3.63, 3.8) is 0 Å². The second kappa shape index (κ2) is 5.32. The highest BCUT2D eigenvalue weighted by atomic mass is 32.2. The smallest absolute Gasteiger partial charge is 0.0510 e. The quantitative estimate of drug-likeness (QED) is 0.856. The molecular weight excluding hydrogens is 228 g/mol. The summed E-state index contributed by atoms with van der Waals surface area (Å²) < 4.78 is 0. The molecule has 3 rings (SSSR count). The average Bonchev–Trinajstić information content (AvgIpc) is 2.78. The summed E-state index contributed by atoms with van der Waals surface area (Å²) in [5.41, 5.74) is 1.33. The van der Waals surface area contributed by atoms with Crippen molar-refractivity contribution in [1.29, 1.82) is 0 Å². The van der Waals surface area contributed by atoms with Crippen LogP contribution >= 0.6 is 11.8 Å². The van der Waals surface area contributed by atoms with Crippen molar-refractivity contribution < 1.29 is 0 Å². The van der Waals surface area contributed by atoms with E-state index in [2.05, 4.69) is 46.7 Å². The van der Waals surface area contributed by atoms with Gasteiger partial charge < -0.3 is 10.6 Å². The number of anilines is 1. The minimum Gasteiger partial charge on any atom is -0.379 e. The molecule has 3 heteroatoms. The Kier molecular flexibility index (Phi) is 3.57. The van der Waals surface area contributed by atoms with Gasteiger partial charge in [-0.05, 0) is 25.0 Å². The Morgan fingerprint density at radius 3 is 2.59 bits per heavy atom. The van der Waals surface area contributed by atoms with Gasteiger partial charge in [-0.3, -0.25) is 0 Å². The van der Waals surface area contributed by atoms with E-state index in [-0.39, 0.29) is 0 Å². The number of para-hydroxylation sites is 1. The molecule has 0 spiro atoms. The second-order valence-corrected chi connectivity index (χ2v) is 6.36. The van der Waals surface area contributed by atoms with E-state index in [0.29, 0.717) is 6.04 Å². The zero-order valence-electron chi connectivity index (χ0n) is 10.1. The Labute approximate surface area is 108 Å². The van der Waals surface area contributed by atoms with Crippen molar-refractivity contribution in [2.45, 2.75) is 41.9 Å². The summed E-state index contributed by atoms with van der Waals surface area (Å²) in [6.07, 6.45) is 5.62. The molecule has 1 aromatic carbocycles.